The van der Waals surface area contributed by atoms with E-state index >= 15 is 0 Å². The number of nitrogens with two attached hydrogens (primary N) is 1. The number of amides is 2. The van der Waals surface area contributed by atoms with E-state index in [0.29, 0.717) is 18.8 Å². The fourth-order valence-electron chi connectivity index (χ4n) is 1.58. The molecular weight excluding hydrogens is 234 g/mol. The number of nitrogen functional groups attached to an aromatic ring is 1. The molecule has 0 atom stereocenters. The maximum Gasteiger partial charge on any atom is 0.271 e. The lowest BCUT2D eigenvalue weighted by Gasteiger charge is -2.18. The minimum absolute atomic E-state index is 0.0258. The summed E-state index contributed by atoms with van der Waals surface area (Å²) in [7, 11) is 0. The van der Waals surface area contributed by atoms with E-state index < -0.39 is 0 Å². The molecule has 1 heterocycles. The van der Waals surface area contributed by atoms with Gasteiger partial charge in [0.15, 0.2) is 0 Å². The van der Waals surface area contributed by atoms with Crippen LogP contribution in [0.1, 0.15) is 30.8 Å². The average Bonchev–Trinajstić information content (AvgIpc) is 2.77. The predicted molar refractivity (Wildman–Crippen MR) is 67.9 cm³/mol. The second-order valence-corrected chi connectivity index (χ2v) is 3.77. The first-order chi connectivity index (χ1) is 8.60. The molecule has 0 aliphatic rings. The van der Waals surface area contributed by atoms with Crippen molar-refractivity contribution in [2.75, 3.05) is 25.4 Å². The van der Waals surface area contributed by atoms with Crippen molar-refractivity contribution < 1.29 is 9.59 Å². The van der Waals surface area contributed by atoms with Crippen molar-refractivity contribution >= 4 is 17.5 Å². The summed E-state index contributed by atoms with van der Waals surface area (Å²) in [4.78, 5) is 25.0. The van der Waals surface area contributed by atoms with Gasteiger partial charge >= 0.3 is 0 Å². The van der Waals surface area contributed by atoms with Crippen LogP contribution < -0.4 is 11.1 Å². The largest absolute Gasteiger partial charge is 0.396 e. The number of nitrogens with zero attached hydrogens (tertiary/aromatic N) is 2. The first kappa shape index (κ1) is 14.0. The maximum absolute atomic E-state index is 11.7. The number of hydrogen-bond donors (Lipinski definition) is 3. The Hall–Kier alpha value is -2.05. The Labute approximate surface area is 106 Å². The van der Waals surface area contributed by atoms with Gasteiger partial charge in [-0.15, -0.1) is 0 Å². The van der Waals surface area contributed by atoms with Crippen molar-refractivity contribution in [1.29, 1.82) is 0 Å². The second kappa shape index (κ2) is 6.63. The Morgan fingerprint density at radius 3 is 2.61 bits per heavy atom. The number of aromatic amines is 1. The SMILES string of the molecule is CCN(CC)C(=O)CCNC(=O)c1[nH]ncc1N. The molecule has 0 bridgehead atoms. The van der Waals surface area contributed by atoms with Crippen LogP contribution in [0.2, 0.25) is 0 Å². The quantitative estimate of drug-likeness (QED) is 0.662. The van der Waals surface area contributed by atoms with Gasteiger partial charge in [0.2, 0.25) is 5.91 Å². The van der Waals surface area contributed by atoms with Gasteiger partial charge < -0.3 is 16.0 Å². The van der Waals surface area contributed by atoms with E-state index in [9.17, 15) is 9.59 Å². The van der Waals surface area contributed by atoms with Crippen LogP contribution in [-0.2, 0) is 4.79 Å². The molecule has 7 nitrogen and oxygen atoms in total. The minimum atomic E-state index is -0.350. The maximum atomic E-state index is 11.7. The fourth-order valence-corrected chi connectivity index (χ4v) is 1.58. The number of anilines is 1. The first-order valence-corrected chi connectivity index (χ1v) is 5.94. The molecule has 18 heavy (non-hydrogen) atoms. The van der Waals surface area contributed by atoms with Gasteiger partial charge in [-0.25, -0.2) is 0 Å². The summed E-state index contributed by atoms with van der Waals surface area (Å²) in [6.07, 6.45) is 1.65. The van der Waals surface area contributed by atoms with Crippen LogP contribution >= 0.6 is 0 Å². The molecule has 0 unspecified atom stereocenters. The van der Waals surface area contributed by atoms with E-state index in [1.54, 1.807) is 4.90 Å². The van der Waals surface area contributed by atoms with E-state index in [2.05, 4.69) is 15.5 Å². The predicted octanol–water partition coefficient (Wildman–Crippen LogP) is -0.0198. The lowest BCUT2D eigenvalue weighted by molar-refractivity contribution is -0.130. The number of carbonyl (C=O) groups excluding carboxylic acids is 2. The third-order valence-corrected chi connectivity index (χ3v) is 2.64. The summed E-state index contributed by atoms with van der Waals surface area (Å²) in [5.74, 6) is -0.324. The van der Waals surface area contributed by atoms with Gasteiger partial charge in [0, 0.05) is 26.1 Å². The Bertz CT molecular complexity index is 411. The molecule has 0 radical (unpaired) electrons. The van der Waals surface area contributed by atoms with Crippen LogP contribution in [0, 0.1) is 0 Å². The molecular formula is C11H19N5O2. The molecule has 0 saturated carbocycles. The molecule has 0 spiro atoms. The summed E-state index contributed by atoms with van der Waals surface area (Å²) in [5, 5.41) is 8.78. The van der Waals surface area contributed by atoms with Gasteiger partial charge in [-0.1, -0.05) is 0 Å². The van der Waals surface area contributed by atoms with Crippen molar-refractivity contribution in [1.82, 2.24) is 20.4 Å². The highest BCUT2D eigenvalue weighted by atomic mass is 16.2. The van der Waals surface area contributed by atoms with Crippen molar-refractivity contribution in [3.8, 4) is 0 Å². The molecule has 0 fully saturated rings. The zero-order valence-electron chi connectivity index (χ0n) is 10.7. The van der Waals surface area contributed by atoms with E-state index in [1.807, 2.05) is 13.8 Å². The van der Waals surface area contributed by atoms with E-state index in [1.165, 1.54) is 6.20 Å². The molecule has 0 saturated heterocycles. The molecule has 4 N–H and O–H groups in total. The Morgan fingerprint density at radius 1 is 1.44 bits per heavy atom. The smallest absolute Gasteiger partial charge is 0.271 e. The number of H-pyrrole nitrogens is 1. The van der Waals surface area contributed by atoms with Crippen LogP contribution in [0.4, 0.5) is 5.69 Å². The molecule has 2 amide bonds. The summed E-state index contributed by atoms with van der Waals surface area (Å²) in [6, 6.07) is 0. The highest BCUT2D eigenvalue weighted by Gasteiger charge is 2.13. The first-order valence-electron chi connectivity index (χ1n) is 5.94. The summed E-state index contributed by atoms with van der Waals surface area (Å²) >= 11 is 0. The zero-order valence-corrected chi connectivity index (χ0v) is 10.7. The van der Waals surface area contributed by atoms with Crippen LogP contribution in [-0.4, -0.2) is 46.5 Å². The summed E-state index contributed by atoms with van der Waals surface area (Å²) in [5.41, 5.74) is 6.06. The molecule has 1 aromatic rings. The molecule has 0 aromatic carbocycles. The van der Waals surface area contributed by atoms with E-state index in [-0.39, 0.29) is 30.5 Å². The van der Waals surface area contributed by atoms with Gasteiger partial charge in [0.25, 0.3) is 5.91 Å². The third kappa shape index (κ3) is 3.47. The van der Waals surface area contributed by atoms with Gasteiger partial charge in [-0.2, -0.15) is 5.10 Å². The topological polar surface area (TPSA) is 104 Å². The van der Waals surface area contributed by atoms with Crippen LogP contribution in [0.5, 0.6) is 0 Å². The third-order valence-electron chi connectivity index (χ3n) is 2.64. The number of hydrogen-bond acceptors (Lipinski definition) is 4. The van der Waals surface area contributed by atoms with Gasteiger partial charge in [0.1, 0.15) is 5.69 Å². The Morgan fingerprint density at radius 2 is 2.11 bits per heavy atom. The summed E-state index contributed by atoms with van der Waals surface area (Å²) in [6.45, 7) is 5.48. The van der Waals surface area contributed by atoms with E-state index in [0.717, 1.165) is 0 Å². The number of rotatable bonds is 6. The van der Waals surface area contributed by atoms with Crippen molar-refractivity contribution in [2.24, 2.45) is 0 Å². The van der Waals surface area contributed by atoms with Gasteiger partial charge in [0.05, 0.1) is 11.9 Å². The fraction of sp³-hybridized carbons (Fsp3) is 0.545. The molecule has 0 aliphatic carbocycles. The Kier molecular flexibility index (Phi) is 5.16. The second-order valence-electron chi connectivity index (χ2n) is 3.77. The van der Waals surface area contributed by atoms with Crippen molar-refractivity contribution in [3.63, 3.8) is 0 Å². The molecule has 7 heteroatoms. The molecule has 100 valence electrons. The average molecular weight is 253 g/mol. The Balaban J connectivity index is 2.36. The number of aromatic nitrogens is 2. The van der Waals surface area contributed by atoms with Gasteiger partial charge in [-0.05, 0) is 13.8 Å². The van der Waals surface area contributed by atoms with Gasteiger partial charge in [-0.3, -0.25) is 14.7 Å². The molecule has 0 aliphatic heterocycles. The normalized spacial score (nSPS) is 10.1. The monoisotopic (exact) mass is 253 g/mol. The van der Waals surface area contributed by atoms with E-state index in [4.69, 9.17) is 5.73 Å². The standard InChI is InChI=1S/C11H19N5O2/c1-3-16(4-2)9(17)5-6-13-11(18)10-8(12)7-14-15-10/h7H,3-6,12H2,1-2H3,(H,13,18)(H,14,15). The number of carbonyl (C=O) groups is 2. The van der Waals surface area contributed by atoms with Crippen molar-refractivity contribution in [3.05, 3.63) is 11.9 Å². The minimum Gasteiger partial charge on any atom is -0.396 e. The molecule has 1 aromatic heterocycles. The van der Waals surface area contributed by atoms with Crippen molar-refractivity contribution in [2.45, 2.75) is 20.3 Å². The lowest BCUT2D eigenvalue weighted by atomic mass is 10.3. The van der Waals surface area contributed by atoms with Crippen LogP contribution in [0.15, 0.2) is 6.20 Å². The zero-order chi connectivity index (χ0) is 13.5. The summed E-state index contributed by atoms with van der Waals surface area (Å²) < 4.78 is 0. The highest BCUT2D eigenvalue weighted by Crippen LogP contribution is 2.05. The highest BCUT2D eigenvalue weighted by molar-refractivity contribution is 5.97. The number of nitrogens with one attached hydrogen (secondary N) is 2. The molecule has 1 rings (SSSR count). The van der Waals surface area contributed by atoms with Crippen LogP contribution in [0.25, 0.3) is 0 Å². The lowest BCUT2D eigenvalue weighted by Crippen LogP contribution is -2.34. The van der Waals surface area contributed by atoms with Crippen LogP contribution in [0.3, 0.4) is 0 Å².